The van der Waals surface area contributed by atoms with E-state index in [1.807, 2.05) is 0 Å². The first-order valence-corrected chi connectivity index (χ1v) is 5.29. The van der Waals surface area contributed by atoms with Gasteiger partial charge in [0.05, 0.1) is 22.2 Å². The Balaban J connectivity index is 2.42. The molecule has 0 heterocycles. The summed E-state index contributed by atoms with van der Waals surface area (Å²) >= 11 is 11.5. The van der Waals surface area contributed by atoms with Crippen LogP contribution < -0.4 is 5.43 Å². The van der Waals surface area contributed by atoms with Crippen molar-refractivity contribution in [3.8, 4) is 0 Å². The van der Waals surface area contributed by atoms with Crippen LogP contribution in [0.25, 0.3) is 0 Å². The maximum absolute atomic E-state index is 10.2. The minimum atomic E-state index is -0.846. The molecule has 1 aromatic rings. The Morgan fingerprint density at radius 3 is 2.81 bits per heavy atom. The van der Waals surface area contributed by atoms with E-state index in [1.54, 1.807) is 18.2 Å². The fraction of sp³-hybridized carbons (Fsp3) is 0.200. The highest BCUT2D eigenvalue weighted by molar-refractivity contribution is 6.42. The normalized spacial score (nSPS) is 10.6. The molecule has 2 N–H and O–H groups in total. The van der Waals surface area contributed by atoms with Gasteiger partial charge in [0.15, 0.2) is 0 Å². The Labute approximate surface area is 103 Å². The van der Waals surface area contributed by atoms with E-state index in [0.29, 0.717) is 22.2 Å². The van der Waals surface area contributed by atoms with E-state index >= 15 is 0 Å². The smallest absolute Gasteiger partial charge is 0.303 e. The van der Waals surface area contributed by atoms with Gasteiger partial charge in [-0.3, -0.25) is 10.2 Å². The molecule has 0 aliphatic rings. The monoisotopic (exact) mass is 260 g/mol. The molecule has 0 radical (unpaired) electrons. The molecule has 0 fully saturated rings. The van der Waals surface area contributed by atoms with Gasteiger partial charge in [-0.2, -0.15) is 5.10 Å². The van der Waals surface area contributed by atoms with Crippen molar-refractivity contribution in [1.82, 2.24) is 0 Å². The molecule has 0 aliphatic heterocycles. The number of halogens is 2. The van der Waals surface area contributed by atoms with E-state index in [0.717, 1.165) is 0 Å². The van der Waals surface area contributed by atoms with Gasteiger partial charge < -0.3 is 5.11 Å². The van der Waals surface area contributed by atoms with Gasteiger partial charge in [-0.1, -0.05) is 23.2 Å². The predicted molar refractivity (Wildman–Crippen MR) is 65.4 cm³/mol. The zero-order valence-electron chi connectivity index (χ0n) is 8.28. The zero-order valence-corrected chi connectivity index (χ0v) is 9.79. The van der Waals surface area contributed by atoms with E-state index in [-0.39, 0.29) is 6.42 Å². The molecule has 0 saturated heterocycles. The number of anilines is 1. The highest BCUT2D eigenvalue weighted by atomic mass is 35.5. The molecule has 0 aromatic heterocycles. The van der Waals surface area contributed by atoms with Crippen LogP contribution in [-0.2, 0) is 4.79 Å². The van der Waals surface area contributed by atoms with Gasteiger partial charge in [0.1, 0.15) is 0 Å². The van der Waals surface area contributed by atoms with E-state index in [9.17, 15) is 4.79 Å². The number of rotatable bonds is 5. The highest BCUT2D eigenvalue weighted by Gasteiger charge is 1.97. The SMILES string of the molecule is O=C(O)CCC=NNc1ccc(Cl)c(Cl)c1. The average Bonchev–Trinajstić information content (AvgIpc) is 2.22. The topological polar surface area (TPSA) is 61.7 Å². The summed E-state index contributed by atoms with van der Waals surface area (Å²) in [5.74, 6) is -0.846. The van der Waals surface area contributed by atoms with Gasteiger partial charge in [0.25, 0.3) is 0 Å². The van der Waals surface area contributed by atoms with E-state index in [4.69, 9.17) is 28.3 Å². The Hall–Kier alpha value is -1.26. The average molecular weight is 261 g/mol. The Morgan fingerprint density at radius 2 is 2.19 bits per heavy atom. The fourth-order valence-electron chi connectivity index (χ4n) is 0.938. The molecule has 0 spiro atoms. The summed E-state index contributed by atoms with van der Waals surface area (Å²) < 4.78 is 0. The largest absolute Gasteiger partial charge is 0.481 e. The van der Waals surface area contributed by atoms with E-state index in [2.05, 4.69) is 10.5 Å². The summed E-state index contributed by atoms with van der Waals surface area (Å²) in [6.07, 6.45) is 1.94. The lowest BCUT2D eigenvalue weighted by atomic mass is 10.3. The number of nitrogens with zero attached hydrogens (tertiary/aromatic N) is 1. The molecule has 0 bridgehead atoms. The van der Waals surface area contributed by atoms with Crippen molar-refractivity contribution in [3.05, 3.63) is 28.2 Å². The standard InChI is InChI=1S/C10H10Cl2N2O2/c11-8-4-3-7(6-9(8)12)14-13-5-1-2-10(15)16/h3-6,14H,1-2H2,(H,15,16). The van der Waals surface area contributed by atoms with Crippen molar-refractivity contribution in [2.45, 2.75) is 12.8 Å². The van der Waals surface area contributed by atoms with Crippen LogP contribution in [0, 0.1) is 0 Å². The van der Waals surface area contributed by atoms with Crippen molar-refractivity contribution in [2.75, 3.05) is 5.43 Å². The van der Waals surface area contributed by atoms with Gasteiger partial charge in [-0.15, -0.1) is 0 Å². The van der Waals surface area contributed by atoms with Crippen LogP contribution >= 0.6 is 23.2 Å². The number of hydrogen-bond acceptors (Lipinski definition) is 3. The first-order valence-electron chi connectivity index (χ1n) is 4.54. The van der Waals surface area contributed by atoms with Crippen molar-refractivity contribution in [1.29, 1.82) is 0 Å². The fourth-order valence-corrected chi connectivity index (χ4v) is 1.24. The zero-order chi connectivity index (χ0) is 12.0. The van der Waals surface area contributed by atoms with Crippen molar-refractivity contribution >= 4 is 41.1 Å². The number of benzene rings is 1. The van der Waals surface area contributed by atoms with Crippen molar-refractivity contribution < 1.29 is 9.90 Å². The van der Waals surface area contributed by atoms with Crippen LogP contribution in [-0.4, -0.2) is 17.3 Å². The minimum absolute atomic E-state index is 0.0621. The van der Waals surface area contributed by atoms with Gasteiger partial charge in [-0.05, 0) is 24.6 Å². The van der Waals surface area contributed by atoms with Crippen LogP contribution in [0.5, 0.6) is 0 Å². The number of carboxylic acid groups (broad SMARTS) is 1. The van der Waals surface area contributed by atoms with Crippen LogP contribution in [0.15, 0.2) is 23.3 Å². The second-order valence-corrected chi connectivity index (χ2v) is 3.80. The second kappa shape index (κ2) is 6.35. The number of hydrogen-bond donors (Lipinski definition) is 2. The Morgan fingerprint density at radius 1 is 1.44 bits per heavy atom. The van der Waals surface area contributed by atoms with Gasteiger partial charge >= 0.3 is 5.97 Å². The molecule has 6 heteroatoms. The molecule has 0 saturated carbocycles. The molecule has 0 unspecified atom stereocenters. The summed E-state index contributed by atoms with van der Waals surface area (Å²) in [7, 11) is 0. The number of carboxylic acids is 1. The molecule has 0 aliphatic carbocycles. The van der Waals surface area contributed by atoms with Gasteiger partial charge in [-0.25, -0.2) is 0 Å². The van der Waals surface area contributed by atoms with E-state index in [1.165, 1.54) is 6.21 Å². The molecule has 0 amide bonds. The quantitative estimate of drug-likeness (QED) is 0.631. The number of aliphatic carboxylic acids is 1. The lowest BCUT2D eigenvalue weighted by molar-refractivity contribution is -0.136. The third-order valence-corrected chi connectivity index (χ3v) is 2.43. The first-order chi connectivity index (χ1) is 7.59. The lowest BCUT2D eigenvalue weighted by Crippen LogP contribution is -1.95. The van der Waals surface area contributed by atoms with Crippen LogP contribution in [0.4, 0.5) is 5.69 Å². The molecular formula is C10H10Cl2N2O2. The van der Waals surface area contributed by atoms with Crippen molar-refractivity contribution in [3.63, 3.8) is 0 Å². The predicted octanol–water partition coefficient (Wildman–Crippen LogP) is 3.26. The van der Waals surface area contributed by atoms with E-state index < -0.39 is 5.97 Å². The minimum Gasteiger partial charge on any atom is -0.481 e. The van der Waals surface area contributed by atoms with Crippen molar-refractivity contribution in [2.24, 2.45) is 5.10 Å². The van der Waals surface area contributed by atoms with Crippen LogP contribution in [0.1, 0.15) is 12.8 Å². The molecular weight excluding hydrogens is 251 g/mol. The second-order valence-electron chi connectivity index (χ2n) is 2.98. The highest BCUT2D eigenvalue weighted by Crippen LogP contribution is 2.24. The lowest BCUT2D eigenvalue weighted by Gasteiger charge is -2.01. The summed E-state index contributed by atoms with van der Waals surface area (Å²) in [6.45, 7) is 0. The first kappa shape index (κ1) is 12.8. The molecule has 16 heavy (non-hydrogen) atoms. The molecule has 4 nitrogen and oxygen atoms in total. The Bertz CT molecular complexity index is 408. The molecule has 86 valence electrons. The maximum atomic E-state index is 10.2. The van der Waals surface area contributed by atoms with Crippen LogP contribution in [0.2, 0.25) is 10.0 Å². The summed E-state index contributed by atoms with van der Waals surface area (Å²) in [5, 5.41) is 13.1. The third-order valence-electron chi connectivity index (χ3n) is 1.69. The number of carbonyl (C=O) groups is 1. The summed E-state index contributed by atoms with van der Waals surface area (Å²) in [4.78, 5) is 10.2. The van der Waals surface area contributed by atoms with Gasteiger partial charge in [0, 0.05) is 6.21 Å². The van der Waals surface area contributed by atoms with Crippen LogP contribution in [0.3, 0.4) is 0 Å². The van der Waals surface area contributed by atoms with Gasteiger partial charge in [0.2, 0.25) is 0 Å². The number of nitrogens with one attached hydrogen (secondary N) is 1. The summed E-state index contributed by atoms with van der Waals surface area (Å²) in [6, 6.07) is 5.01. The Kier molecular flexibility index (Phi) is 5.08. The molecule has 1 aromatic carbocycles. The molecule has 1 rings (SSSR count). The molecule has 0 atom stereocenters. The maximum Gasteiger partial charge on any atom is 0.303 e. The third kappa shape index (κ3) is 4.51. The summed E-state index contributed by atoms with van der Waals surface area (Å²) in [5.41, 5.74) is 3.42. The number of hydrazone groups is 1.